The number of rotatable bonds is 8. The van der Waals surface area contributed by atoms with Gasteiger partial charge in [0, 0.05) is 36.3 Å². The number of carbonyl (C=O) groups is 1. The number of aromatic nitrogens is 1. The molecule has 0 saturated heterocycles. The van der Waals surface area contributed by atoms with Gasteiger partial charge in [-0.15, -0.1) is 0 Å². The highest BCUT2D eigenvalue weighted by Gasteiger charge is 2.14. The van der Waals surface area contributed by atoms with Gasteiger partial charge in [-0.3, -0.25) is 0 Å². The molecular weight excluding hydrogens is 368 g/mol. The van der Waals surface area contributed by atoms with Crippen LogP contribution in [0.4, 0.5) is 0 Å². The summed E-state index contributed by atoms with van der Waals surface area (Å²) in [6, 6.07) is 16.9. The third kappa shape index (κ3) is 4.65. The first kappa shape index (κ1) is 20.2. The summed E-state index contributed by atoms with van der Waals surface area (Å²) in [4.78, 5) is 11.8. The van der Waals surface area contributed by atoms with Gasteiger partial charge in [0.25, 0.3) is 0 Å². The van der Waals surface area contributed by atoms with E-state index < -0.39 is 0 Å². The summed E-state index contributed by atoms with van der Waals surface area (Å²) in [5.74, 6) is 0.337. The highest BCUT2D eigenvalue weighted by Crippen LogP contribution is 2.33. The summed E-state index contributed by atoms with van der Waals surface area (Å²) in [6.07, 6.45) is 3.65. The largest absolute Gasteiger partial charge is 0.491 e. The first-order valence-electron chi connectivity index (χ1n) is 9.28. The predicted octanol–water partition coefficient (Wildman–Crippen LogP) is 4.22. The lowest BCUT2D eigenvalue weighted by Gasteiger charge is -2.10. The Balaban J connectivity index is 1.93. The van der Waals surface area contributed by atoms with Crippen molar-refractivity contribution in [3.63, 3.8) is 0 Å². The molecule has 1 heterocycles. The second-order valence-corrected chi connectivity index (χ2v) is 6.21. The molecule has 0 fully saturated rings. The third-order valence-corrected chi connectivity index (χ3v) is 4.35. The lowest BCUT2D eigenvalue weighted by molar-refractivity contribution is 0.0526. The van der Waals surface area contributed by atoms with Gasteiger partial charge >= 0.3 is 5.97 Å². The van der Waals surface area contributed by atoms with Crippen molar-refractivity contribution in [1.29, 1.82) is 5.26 Å². The average molecular weight is 390 g/mol. The first-order chi connectivity index (χ1) is 14.2. The summed E-state index contributed by atoms with van der Waals surface area (Å²) < 4.78 is 17.7. The normalized spacial score (nSPS) is 10.4. The number of hydrogen-bond donors (Lipinski definition) is 0. The molecule has 0 bridgehead atoms. The molecule has 0 unspecified atom stereocenters. The predicted molar refractivity (Wildman–Crippen MR) is 109 cm³/mol. The molecule has 1 aromatic heterocycles. The van der Waals surface area contributed by atoms with Crippen LogP contribution in [-0.4, -0.2) is 37.5 Å². The SMILES string of the molecule is CCOC(=O)c1ccc(-n2cc(C#N)c(-c3ccccc3OCCOC)c2)cc1. The Morgan fingerprint density at radius 3 is 2.48 bits per heavy atom. The molecule has 3 rings (SSSR count). The van der Waals surface area contributed by atoms with E-state index in [-0.39, 0.29) is 5.97 Å². The quantitative estimate of drug-likeness (QED) is 0.425. The lowest BCUT2D eigenvalue weighted by Crippen LogP contribution is -2.05. The van der Waals surface area contributed by atoms with Crippen molar-refractivity contribution in [2.45, 2.75) is 6.92 Å². The summed E-state index contributed by atoms with van der Waals surface area (Å²) in [6.45, 7) is 3.01. The van der Waals surface area contributed by atoms with Gasteiger partial charge in [-0.05, 0) is 37.3 Å². The molecular formula is C23H22N2O4. The Morgan fingerprint density at radius 2 is 1.79 bits per heavy atom. The van der Waals surface area contributed by atoms with Crippen molar-refractivity contribution in [3.05, 3.63) is 72.1 Å². The van der Waals surface area contributed by atoms with Crippen LogP contribution in [0.25, 0.3) is 16.8 Å². The van der Waals surface area contributed by atoms with E-state index in [4.69, 9.17) is 14.2 Å². The standard InChI is InChI=1S/C23H22N2O4/c1-3-28-23(26)17-8-10-19(11-9-17)25-15-18(14-24)21(16-25)20-6-4-5-7-22(20)29-13-12-27-2/h4-11,15-16H,3,12-13H2,1-2H3. The van der Waals surface area contributed by atoms with Crippen LogP contribution >= 0.6 is 0 Å². The zero-order valence-electron chi connectivity index (χ0n) is 16.4. The number of benzene rings is 2. The second kappa shape index (κ2) is 9.58. The minimum Gasteiger partial charge on any atom is -0.491 e. The van der Waals surface area contributed by atoms with E-state index in [1.54, 1.807) is 32.4 Å². The number of nitriles is 1. The van der Waals surface area contributed by atoms with E-state index in [9.17, 15) is 10.1 Å². The van der Waals surface area contributed by atoms with Crippen molar-refractivity contribution in [2.24, 2.45) is 0 Å². The average Bonchev–Trinajstić information content (AvgIpc) is 3.19. The third-order valence-electron chi connectivity index (χ3n) is 4.35. The van der Waals surface area contributed by atoms with Crippen LogP contribution in [-0.2, 0) is 9.47 Å². The fourth-order valence-corrected chi connectivity index (χ4v) is 2.94. The topological polar surface area (TPSA) is 73.5 Å². The number of para-hydroxylation sites is 1. The molecule has 0 radical (unpaired) electrons. The Hall–Kier alpha value is -3.56. The van der Waals surface area contributed by atoms with Crippen LogP contribution in [0.2, 0.25) is 0 Å². The maximum atomic E-state index is 11.8. The van der Waals surface area contributed by atoms with Gasteiger partial charge in [-0.1, -0.05) is 18.2 Å². The smallest absolute Gasteiger partial charge is 0.338 e. The van der Waals surface area contributed by atoms with E-state index in [0.29, 0.717) is 36.7 Å². The minimum atomic E-state index is -0.355. The number of methoxy groups -OCH3 is 1. The molecule has 29 heavy (non-hydrogen) atoms. The maximum Gasteiger partial charge on any atom is 0.338 e. The minimum absolute atomic E-state index is 0.332. The van der Waals surface area contributed by atoms with Crippen LogP contribution in [0, 0.1) is 11.3 Å². The number of nitrogens with zero attached hydrogens (tertiary/aromatic N) is 2. The lowest BCUT2D eigenvalue weighted by atomic mass is 10.0. The van der Waals surface area contributed by atoms with Crippen LogP contribution in [0.3, 0.4) is 0 Å². The molecule has 0 atom stereocenters. The molecule has 2 aromatic carbocycles. The summed E-state index contributed by atoms with van der Waals surface area (Å²) in [5.41, 5.74) is 3.46. The van der Waals surface area contributed by atoms with E-state index in [1.807, 2.05) is 47.2 Å². The van der Waals surface area contributed by atoms with Crippen molar-refractivity contribution in [3.8, 4) is 28.6 Å². The van der Waals surface area contributed by atoms with Crippen molar-refractivity contribution in [2.75, 3.05) is 26.9 Å². The highest BCUT2D eigenvalue weighted by atomic mass is 16.5. The molecule has 0 spiro atoms. The Kier molecular flexibility index (Phi) is 6.67. The summed E-state index contributed by atoms with van der Waals surface area (Å²) >= 11 is 0. The molecule has 3 aromatic rings. The fraction of sp³-hybridized carbons (Fsp3) is 0.217. The number of carbonyl (C=O) groups excluding carboxylic acids is 1. The van der Waals surface area contributed by atoms with Crippen molar-refractivity contribution >= 4 is 5.97 Å². The van der Waals surface area contributed by atoms with E-state index >= 15 is 0 Å². The Bertz CT molecular complexity index is 1020. The van der Waals surface area contributed by atoms with Crippen LogP contribution < -0.4 is 4.74 Å². The summed E-state index contributed by atoms with van der Waals surface area (Å²) in [7, 11) is 1.62. The monoisotopic (exact) mass is 390 g/mol. The fourth-order valence-electron chi connectivity index (χ4n) is 2.94. The molecule has 6 nitrogen and oxygen atoms in total. The number of hydrogen-bond acceptors (Lipinski definition) is 5. The van der Waals surface area contributed by atoms with E-state index in [0.717, 1.165) is 16.8 Å². The van der Waals surface area contributed by atoms with Gasteiger partial charge in [-0.25, -0.2) is 4.79 Å². The number of ether oxygens (including phenoxy) is 3. The highest BCUT2D eigenvalue weighted by molar-refractivity contribution is 5.89. The zero-order valence-corrected chi connectivity index (χ0v) is 16.4. The molecule has 6 heteroatoms. The van der Waals surface area contributed by atoms with E-state index in [1.165, 1.54) is 0 Å². The maximum absolute atomic E-state index is 11.8. The van der Waals surface area contributed by atoms with Gasteiger partial charge in [0.2, 0.25) is 0 Å². The molecule has 0 aliphatic rings. The molecule has 0 N–H and O–H groups in total. The van der Waals surface area contributed by atoms with Gasteiger partial charge in [0.05, 0.1) is 24.3 Å². The Morgan fingerprint density at radius 1 is 1.03 bits per heavy atom. The van der Waals surface area contributed by atoms with Crippen LogP contribution in [0.15, 0.2) is 60.9 Å². The molecule has 0 aliphatic carbocycles. The molecule has 0 amide bonds. The molecule has 148 valence electrons. The van der Waals surface area contributed by atoms with Crippen LogP contribution in [0.5, 0.6) is 5.75 Å². The van der Waals surface area contributed by atoms with Gasteiger partial charge < -0.3 is 18.8 Å². The first-order valence-corrected chi connectivity index (χ1v) is 9.28. The molecule has 0 aliphatic heterocycles. The van der Waals surface area contributed by atoms with Crippen molar-refractivity contribution in [1.82, 2.24) is 4.57 Å². The zero-order chi connectivity index (χ0) is 20.6. The van der Waals surface area contributed by atoms with Gasteiger partial charge in [-0.2, -0.15) is 5.26 Å². The Labute approximate surface area is 169 Å². The van der Waals surface area contributed by atoms with Crippen molar-refractivity contribution < 1.29 is 19.0 Å². The van der Waals surface area contributed by atoms with Crippen LogP contribution in [0.1, 0.15) is 22.8 Å². The van der Waals surface area contributed by atoms with E-state index in [2.05, 4.69) is 6.07 Å². The second-order valence-electron chi connectivity index (χ2n) is 6.21. The summed E-state index contributed by atoms with van der Waals surface area (Å²) in [5, 5.41) is 9.64. The number of esters is 1. The van der Waals surface area contributed by atoms with Gasteiger partial charge in [0.15, 0.2) is 0 Å². The molecule has 0 saturated carbocycles. The van der Waals surface area contributed by atoms with Gasteiger partial charge in [0.1, 0.15) is 18.4 Å².